The molecule has 140 valence electrons. The molecule has 2 aromatic rings. The van der Waals surface area contributed by atoms with Gasteiger partial charge in [0.15, 0.2) is 5.69 Å². The number of piperidine rings is 1. The molecule has 2 aromatic heterocycles. The highest BCUT2D eigenvalue weighted by molar-refractivity contribution is 5.91. The van der Waals surface area contributed by atoms with Crippen molar-refractivity contribution in [1.29, 1.82) is 0 Å². The minimum absolute atomic E-state index is 0.0401. The fourth-order valence-corrected chi connectivity index (χ4v) is 3.59. The zero-order valence-corrected chi connectivity index (χ0v) is 15.7. The van der Waals surface area contributed by atoms with Gasteiger partial charge in [0.2, 0.25) is 0 Å². The smallest absolute Gasteiger partial charge is 0.276 e. The van der Waals surface area contributed by atoms with Crippen molar-refractivity contribution in [1.82, 2.24) is 29.8 Å². The van der Waals surface area contributed by atoms with Gasteiger partial charge in [-0.15, -0.1) is 5.10 Å². The van der Waals surface area contributed by atoms with E-state index in [0.29, 0.717) is 24.7 Å². The molecular weight excluding hydrogens is 328 g/mol. The van der Waals surface area contributed by atoms with Crippen molar-refractivity contribution in [2.45, 2.75) is 39.8 Å². The quantitative estimate of drug-likeness (QED) is 0.760. The molecule has 7 nitrogen and oxygen atoms in total. The summed E-state index contributed by atoms with van der Waals surface area (Å²) in [5, 5.41) is 8.26. The average molecular weight is 356 g/mol. The Morgan fingerprint density at radius 3 is 2.88 bits per heavy atom. The molecule has 0 aromatic carbocycles. The summed E-state index contributed by atoms with van der Waals surface area (Å²) in [5.41, 5.74) is 1.55. The molecule has 0 spiro atoms. The van der Waals surface area contributed by atoms with Gasteiger partial charge in [-0.3, -0.25) is 19.4 Å². The molecule has 1 amide bonds. The van der Waals surface area contributed by atoms with Crippen LogP contribution >= 0.6 is 0 Å². The van der Waals surface area contributed by atoms with Crippen molar-refractivity contribution < 1.29 is 4.79 Å². The molecule has 0 saturated carbocycles. The predicted molar refractivity (Wildman–Crippen MR) is 99.5 cm³/mol. The van der Waals surface area contributed by atoms with Crippen molar-refractivity contribution >= 4 is 5.91 Å². The van der Waals surface area contributed by atoms with Gasteiger partial charge >= 0.3 is 0 Å². The molecule has 0 aliphatic carbocycles. The van der Waals surface area contributed by atoms with E-state index in [0.717, 1.165) is 31.9 Å². The first-order valence-corrected chi connectivity index (χ1v) is 9.51. The Morgan fingerprint density at radius 2 is 2.15 bits per heavy atom. The van der Waals surface area contributed by atoms with Crippen molar-refractivity contribution in [2.75, 3.05) is 26.2 Å². The molecular formula is C19H28N6O. The lowest BCUT2D eigenvalue weighted by molar-refractivity contribution is 0.0767. The second kappa shape index (κ2) is 8.89. The monoisotopic (exact) mass is 356 g/mol. The first kappa shape index (κ1) is 18.5. The lowest BCUT2D eigenvalue weighted by Crippen LogP contribution is -2.36. The highest BCUT2D eigenvalue weighted by atomic mass is 16.2. The fraction of sp³-hybridized carbons (Fsp3) is 0.579. The first-order chi connectivity index (χ1) is 12.7. The molecule has 1 fully saturated rings. The van der Waals surface area contributed by atoms with Crippen LogP contribution in [0.1, 0.15) is 42.9 Å². The molecule has 0 N–H and O–H groups in total. The maximum Gasteiger partial charge on any atom is 0.276 e. The van der Waals surface area contributed by atoms with E-state index in [9.17, 15) is 4.79 Å². The Hall–Kier alpha value is -2.28. The Bertz CT molecular complexity index is 697. The molecule has 0 unspecified atom stereocenters. The average Bonchev–Trinajstić information content (AvgIpc) is 3.12. The molecule has 1 atom stereocenters. The maximum atomic E-state index is 12.4. The van der Waals surface area contributed by atoms with E-state index in [1.165, 1.54) is 12.8 Å². The van der Waals surface area contributed by atoms with E-state index in [2.05, 4.69) is 26.3 Å². The van der Waals surface area contributed by atoms with E-state index in [4.69, 9.17) is 0 Å². The van der Waals surface area contributed by atoms with Crippen LogP contribution in [0.25, 0.3) is 0 Å². The van der Waals surface area contributed by atoms with Gasteiger partial charge in [0.25, 0.3) is 5.91 Å². The van der Waals surface area contributed by atoms with Crippen LogP contribution < -0.4 is 0 Å². The Kier molecular flexibility index (Phi) is 6.33. The Labute approximate surface area is 155 Å². The largest absolute Gasteiger partial charge is 0.338 e. The number of nitrogens with zero attached hydrogens (tertiary/aromatic N) is 6. The standard InChI is InChI=1S/C19H28N6O/c1-3-24(4-2)19(26)18-15-25(22-21-18)13-16-8-7-11-23(12-16)14-17-9-5-6-10-20-17/h5-6,9-10,15-16H,3-4,7-8,11-14H2,1-2H3/t16-/m1/s1. The summed E-state index contributed by atoms with van der Waals surface area (Å²) in [6.07, 6.45) is 5.99. The number of carbonyl (C=O) groups excluding carboxylic acids is 1. The molecule has 26 heavy (non-hydrogen) atoms. The number of hydrogen-bond acceptors (Lipinski definition) is 5. The number of hydrogen-bond donors (Lipinski definition) is 0. The van der Waals surface area contributed by atoms with Crippen LogP contribution in [0.15, 0.2) is 30.6 Å². The molecule has 0 radical (unpaired) electrons. The molecule has 7 heteroatoms. The van der Waals surface area contributed by atoms with E-state index >= 15 is 0 Å². The topological polar surface area (TPSA) is 67.2 Å². The van der Waals surface area contributed by atoms with Crippen LogP contribution in [0.3, 0.4) is 0 Å². The van der Waals surface area contributed by atoms with Gasteiger partial charge in [-0.1, -0.05) is 11.3 Å². The minimum Gasteiger partial charge on any atom is -0.338 e. The SMILES string of the molecule is CCN(CC)C(=O)c1cn(C[C@@H]2CCCN(Cc3ccccn3)C2)nn1. The zero-order valence-electron chi connectivity index (χ0n) is 15.7. The van der Waals surface area contributed by atoms with Crippen LogP contribution in [0, 0.1) is 5.92 Å². The number of carbonyl (C=O) groups is 1. The van der Waals surface area contributed by atoms with Gasteiger partial charge in [0, 0.05) is 38.9 Å². The minimum atomic E-state index is -0.0401. The van der Waals surface area contributed by atoms with Gasteiger partial charge in [0.05, 0.1) is 11.9 Å². The maximum absolute atomic E-state index is 12.4. The van der Waals surface area contributed by atoms with Gasteiger partial charge in [-0.25, -0.2) is 0 Å². The summed E-state index contributed by atoms with van der Waals surface area (Å²) in [6.45, 7) is 9.15. The second-order valence-electron chi connectivity index (χ2n) is 6.87. The van der Waals surface area contributed by atoms with Crippen LogP contribution in [-0.4, -0.2) is 61.9 Å². The number of aromatic nitrogens is 4. The lowest BCUT2D eigenvalue weighted by atomic mass is 9.98. The molecule has 1 aliphatic heterocycles. The predicted octanol–water partition coefficient (Wildman–Crippen LogP) is 2.07. The molecule has 1 aliphatic rings. The number of amides is 1. The van der Waals surface area contributed by atoms with Gasteiger partial charge in [0.1, 0.15) is 0 Å². The fourth-order valence-electron chi connectivity index (χ4n) is 3.59. The summed E-state index contributed by atoms with van der Waals surface area (Å²) in [5.74, 6) is 0.479. The highest BCUT2D eigenvalue weighted by Crippen LogP contribution is 2.19. The summed E-state index contributed by atoms with van der Waals surface area (Å²) < 4.78 is 1.83. The third-order valence-electron chi connectivity index (χ3n) is 4.97. The summed E-state index contributed by atoms with van der Waals surface area (Å²) >= 11 is 0. The van der Waals surface area contributed by atoms with E-state index in [-0.39, 0.29) is 5.91 Å². The molecule has 3 rings (SSSR count). The van der Waals surface area contributed by atoms with E-state index in [1.54, 1.807) is 11.1 Å². The zero-order chi connectivity index (χ0) is 18.4. The summed E-state index contributed by atoms with van der Waals surface area (Å²) in [7, 11) is 0. The normalized spacial score (nSPS) is 18.0. The molecule has 3 heterocycles. The number of pyridine rings is 1. The summed E-state index contributed by atoms with van der Waals surface area (Å²) in [6, 6.07) is 6.06. The number of likely N-dealkylation sites (tertiary alicyclic amines) is 1. The summed E-state index contributed by atoms with van der Waals surface area (Å²) in [4.78, 5) is 21.0. The third-order valence-corrected chi connectivity index (χ3v) is 4.97. The Balaban J connectivity index is 1.56. The van der Waals surface area contributed by atoms with Gasteiger partial charge < -0.3 is 4.90 Å². The van der Waals surface area contributed by atoms with Gasteiger partial charge in [-0.2, -0.15) is 0 Å². The molecule has 0 bridgehead atoms. The Morgan fingerprint density at radius 1 is 1.31 bits per heavy atom. The van der Waals surface area contributed by atoms with Crippen molar-refractivity contribution in [3.63, 3.8) is 0 Å². The van der Waals surface area contributed by atoms with Crippen LogP contribution in [-0.2, 0) is 13.1 Å². The van der Waals surface area contributed by atoms with Gasteiger partial charge in [-0.05, 0) is 51.3 Å². The molecule has 1 saturated heterocycles. The lowest BCUT2D eigenvalue weighted by Gasteiger charge is -2.32. The third kappa shape index (κ3) is 4.66. The highest BCUT2D eigenvalue weighted by Gasteiger charge is 2.22. The van der Waals surface area contributed by atoms with Crippen LogP contribution in [0.5, 0.6) is 0 Å². The van der Waals surface area contributed by atoms with Crippen molar-refractivity contribution in [3.8, 4) is 0 Å². The van der Waals surface area contributed by atoms with E-state index < -0.39 is 0 Å². The van der Waals surface area contributed by atoms with Crippen LogP contribution in [0.4, 0.5) is 0 Å². The number of rotatable bonds is 7. The first-order valence-electron chi connectivity index (χ1n) is 9.51. The van der Waals surface area contributed by atoms with Crippen LogP contribution in [0.2, 0.25) is 0 Å². The second-order valence-corrected chi connectivity index (χ2v) is 6.87. The van der Waals surface area contributed by atoms with Crippen molar-refractivity contribution in [2.24, 2.45) is 5.92 Å². The van der Waals surface area contributed by atoms with E-state index in [1.807, 2.05) is 36.9 Å². The van der Waals surface area contributed by atoms with Crippen molar-refractivity contribution in [3.05, 3.63) is 42.0 Å².